The number of aromatic nitrogens is 1. The van der Waals surface area contributed by atoms with E-state index in [2.05, 4.69) is 40.9 Å². The first-order valence-electron chi connectivity index (χ1n) is 9.03. The van der Waals surface area contributed by atoms with Crippen molar-refractivity contribution in [3.8, 4) is 0 Å². The quantitative estimate of drug-likeness (QED) is 0.430. The first-order chi connectivity index (χ1) is 10.9. The Labute approximate surface area is 136 Å². The minimum absolute atomic E-state index is 0.868. The minimum atomic E-state index is 0.868. The summed E-state index contributed by atoms with van der Waals surface area (Å²) in [5, 5.41) is 0. The van der Waals surface area contributed by atoms with Gasteiger partial charge < -0.3 is 4.98 Å². The van der Waals surface area contributed by atoms with Crippen LogP contribution >= 0.6 is 0 Å². The highest BCUT2D eigenvalue weighted by atomic mass is 14.8. The topological polar surface area (TPSA) is 40.5 Å². The molecule has 124 valence electrons. The van der Waals surface area contributed by atoms with E-state index in [0.717, 1.165) is 25.0 Å². The van der Waals surface area contributed by atoms with Crippen molar-refractivity contribution >= 4 is 6.21 Å². The molecule has 0 aromatic carbocycles. The molecule has 1 N–H and O–H groups in total. The Morgan fingerprint density at radius 1 is 0.909 bits per heavy atom. The van der Waals surface area contributed by atoms with Gasteiger partial charge in [-0.3, -0.25) is 9.98 Å². The van der Waals surface area contributed by atoms with E-state index in [4.69, 9.17) is 0 Å². The number of hydrogen-bond donors (Lipinski definition) is 1. The smallest absolute Gasteiger partial charge is 0.125 e. The predicted octanol–water partition coefficient (Wildman–Crippen LogP) is 4.69. The zero-order valence-electron chi connectivity index (χ0n) is 14.5. The molecular formula is C19H33N3. The van der Waals surface area contributed by atoms with Crippen LogP contribution in [-0.2, 0) is 6.42 Å². The maximum Gasteiger partial charge on any atom is 0.125 e. The van der Waals surface area contributed by atoms with E-state index in [1.165, 1.54) is 57.1 Å². The number of hydrogen-bond acceptors (Lipinski definition) is 2. The lowest BCUT2D eigenvalue weighted by Gasteiger charge is -1.99. The number of pyridine rings is 1. The number of aromatic amines is 1. The van der Waals surface area contributed by atoms with E-state index in [0.29, 0.717) is 0 Å². The molecule has 0 spiro atoms. The second-order valence-corrected chi connectivity index (χ2v) is 5.86. The fourth-order valence-corrected chi connectivity index (χ4v) is 2.34. The largest absolute Gasteiger partial charge is 0.344 e. The summed E-state index contributed by atoms with van der Waals surface area (Å²) in [5.41, 5.74) is 2.18. The number of rotatable bonds is 12. The lowest BCUT2D eigenvalue weighted by Crippen LogP contribution is -2.10. The summed E-state index contributed by atoms with van der Waals surface area (Å²) in [6, 6.07) is 6.23. The van der Waals surface area contributed by atoms with Crippen molar-refractivity contribution in [2.24, 2.45) is 9.98 Å². The number of unbranched alkanes of at least 4 members (excludes halogenated alkanes) is 6. The van der Waals surface area contributed by atoms with Crippen LogP contribution in [0.5, 0.6) is 0 Å². The van der Waals surface area contributed by atoms with Crippen LogP contribution in [0.1, 0.15) is 70.9 Å². The summed E-state index contributed by atoms with van der Waals surface area (Å²) >= 11 is 0. The SMILES string of the molecule is CCCCCCN=CCc1cccc(=NCCCCCC)[nH]1. The van der Waals surface area contributed by atoms with Gasteiger partial charge in [-0.1, -0.05) is 58.4 Å². The van der Waals surface area contributed by atoms with Gasteiger partial charge in [0.2, 0.25) is 0 Å². The Morgan fingerprint density at radius 2 is 1.64 bits per heavy atom. The molecule has 0 saturated carbocycles. The van der Waals surface area contributed by atoms with E-state index in [1.54, 1.807) is 0 Å². The van der Waals surface area contributed by atoms with Gasteiger partial charge in [-0.25, -0.2) is 0 Å². The van der Waals surface area contributed by atoms with E-state index in [1.807, 2.05) is 12.3 Å². The lowest BCUT2D eigenvalue weighted by atomic mass is 10.2. The Morgan fingerprint density at radius 3 is 2.36 bits per heavy atom. The molecule has 0 saturated heterocycles. The monoisotopic (exact) mass is 303 g/mol. The Balaban J connectivity index is 2.31. The first-order valence-corrected chi connectivity index (χ1v) is 9.03. The zero-order chi connectivity index (χ0) is 15.9. The summed E-state index contributed by atoms with van der Waals surface area (Å²) < 4.78 is 0. The van der Waals surface area contributed by atoms with Crippen molar-refractivity contribution in [1.82, 2.24) is 4.98 Å². The molecule has 0 radical (unpaired) electrons. The van der Waals surface area contributed by atoms with Crippen molar-refractivity contribution in [1.29, 1.82) is 0 Å². The number of nitrogens with zero attached hydrogens (tertiary/aromatic N) is 2. The van der Waals surface area contributed by atoms with E-state index < -0.39 is 0 Å². The van der Waals surface area contributed by atoms with E-state index in [9.17, 15) is 0 Å². The van der Waals surface area contributed by atoms with Crippen LogP contribution < -0.4 is 5.49 Å². The molecule has 0 aliphatic rings. The van der Waals surface area contributed by atoms with Crippen LogP contribution in [0.2, 0.25) is 0 Å². The van der Waals surface area contributed by atoms with Gasteiger partial charge in [-0.05, 0) is 25.0 Å². The van der Waals surface area contributed by atoms with Gasteiger partial charge in [0.15, 0.2) is 0 Å². The lowest BCUT2D eigenvalue weighted by molar-refractivity contribution is 0.668. The zero-order valence-corrected chi connectivity index (χ0v) is 14.5. The molecule has 3 nitrogen and oxygen atoms in total. The third-order valence-electron chi connectivity index (χ3n) is 3.72. The molecule has 3 heteroatoms. The fourth-order valence-electron chi connectivity index (χ4n) is 2.34. The van der Waals surface area contributed by atoms with Crippen LogP contribution in [0.15, 0.2) is 28.2 Å². The third-order valence-corrected chi connectivity index (χ3v) is 3.72. The Hall–Kier alpha value is -1.38. The van der Waals surface area contributed by atoms with Gasteiger partial charge in [0.1, 0.15) is 5.49 Å². The Kier molecular flexibility index (Phi) is 11.3. The van der Waals surface area contributed by atoms with Crippen molar-refractivity contribution in [2.75, 3.05) is 13.1 Å². The van der Waals surface area contributed by atoms with Gasteiger partial charge in [-0.15, -0.1) is 0 Å². The Bertz CT molecular complexity index is 460. The second kappa shape index (κ2) is 13.3. The highest BCUT2D eigenvalue weighted by Gasteiger charge is 1.91. The van der Waals surface area contributed by atoms with Gasteiger partial charge in [-0.2, -0.15) is 0 Å². The van der Waals surface area contributed by atoms with Crippen molar-refractivity contribution < 1.29 is 0 Å². The molecular weight excluding hydrogens is 270 g/mol. The molecule has 0 bridgehead atoms. The van der Waals surface area contributed by atoms with Crippen molar-refractivity contribution in [3.63, 3.8) is 0 Å². The van der Waals surface area contributed by atoms with Crippen LogP contribution in [0, 0.1) is 0 Å². The van der Waals surface area contributed by atoms with Crippen LogP contribution in [0.25, 0.3) is 0 Å². The van der Waals surface area contributed by atoms with E-state index >= 15 is 0 Å². The average molecular weight is 303 g/mol. The molecule has 0 aliphatic carbocycles. The van der Waals surface area contributed by atoms with Gasteiger partial charge in [0.05, 0.1) is 0 Å². The van der Waals surface area contributed by atoms with Crippen LogP contribution in [-0.4, -0.2) is 24.3 Å². The molecule has 1 heterocycles. The maximum atomic E-state index is 4.62. The average Bonchev–Trinajstić information content (AvgIpc) is 2.54. The summed E-state index contributed by atoms with van der Waals surface area (Å²) in [4.78, 5) is 12.5. The number of H-pyrrole nitrogens is 1. The highest BCUT2D eigenvalue weighted by Crippen LogP contribution is 1.99. The van der Waals surface area contributed by atoms with Crippen LogP contribution in [0.3, 0.4) is 0 Å². The summed E-state index contributed by atoms with van der Waals surface area (Å²) in [6.45, 7) is 6.35. The molecule has 1 rings (SSSR count). The summed E-state index contributed by atoms with van der Waals surface area (Å²) in [6.07, 6.45) is 13.1. The van der Waals surface area contributed by atoms with Crippen LogP contribution in [0.4, 0.5) is 0 Å². The summed E-state index contributed by atoms with van der Waals surface area (Å²) in [7, 11) is 0. The molecule has 0 amide bonds. The molecule has 1 aromatic heterocycles. The molecule has 0 atom stereocenters. The normalized spacial score (nSPS) is 12.4. The first kappa shape index (κ1) is 18.7. The predicted molar refractivity (Wildman–Crippen MR) is 96.6 cm³/mol. The number of aliphatic imine (C=N–C) groups is 1. The van der Waals surface area contributed by atoms with Crippen molar-refractivity contribution in [2.45, 2.75) is 71.6 Å². The van der Waals surface area contributed by atoms with Gasteiger partial charge in [0, 0.05) is 31.4 Å². The molecule has 1 aromatic rings. The number of nitrogens with one attached hydrogen (secondary N) is 1. The second-order valence-electron chi connectivity index (χ2n) is 5.86. The minimum Gasteiger partial charge on any atom is -0.344 e. The van der Waals surface area contributed by atoms with Gasteiger partial charge in [0.25, 0.3) is 0 Å². The molecule has 0 fully saturated rings. The maximum absolute atomic E-state index is 4.62. The van der Waals surface area contributed by atoms with Crippen molar-refractivity contribution in [3.05, 3.63) is 29.4 Å². The fraction of sp³-hybridized carbons (Fsp3) is 0.684. The van der Waals surface area contributed by atoms with E-state index in [-0.39, 0.29) is 0 Å². The third kappa shape index (κ3) is 9.54. The molecule has 0 aliphatic heterocycles. The van der Waals surface area contributed by atoms with Gasteiger partial charge >= 0.3 is 0 Å². The standard InChI is InChI=1S/C19H33N3/c1-3-5-7-9-15-20-17-14-18-12-11-13-19(22-18)21-16-10-8-6-4-2/h11-13,17H,3-10,14-16H2,1-2H3,(H,21,22). The molecule has 22 heavy (non-hydrogen) atoms. The summed E-state index contributed by atoms with van der Waals surface area (Å²) in [5.74, 6) is 0. The molecule has 0 unspecified atom stereocenters. The highest BCUT2D eigenvalue weighted by molar-refractivity contribution is 5.60.